The molecule has 1 rings (SSSR count). The zero-order valence-corrected chi connectivity index (χ0v) is 12.1. The Bertz CT molecular complexity index is 599. The molecule has 23 heavy (non-hydrogen) atoms. The number of hydrogen-bond acceptors (Lipinski definition) is 5. The van der Waals surface area contributed by atoms with Crippen LogP contribution in [0.1, 0.15) is 17.3 Å². The number of ether oxygens (including phenoxy) is 3. The molecule has 0 unspecified atom stereocenters. The molecular weight excluding hydrogens is 331 g/mol. The van der Waals surface area contributed by atoms with Crippen molar-refractivity contribution in [2.24, 2.45) is 0 Å². The smallest absolute Gasteiger partial charge is 0.465 e. The van der Waals surface area contributed by atoms with Crippen molar-refractivity contribution in [3.05, 3.63) is 17.7 Å². The number of Topliss-reactive ketones (excluding diaryl/α,β-unsaturated/α-hetero) is 1. The molecule has 0 heterocycles. The Balaban J connectivity index is 3.33. The van der Waals surface area contributed by atoms with E-state index in [0.29, 0.717) is 0 Å². The van der Waals surface area contributed by atoms with Gasteiger partial charge in [-0.15, -0.1) is 0 Å². The van der Waals surface area contributed by atoms with Gasteiger partial charge in [0, 0.05) is 5.56 Å². The Morgan fingerprint density at radius 1 is 0.957 bits per heavy atom. The fourth-order valence-corrected chi connectivity index (χ4v) is 1.46. The summed E-state index contributed by atoms with van der Waals surface area (Å²) < 4.78 is 76.0. The summed E-state index contributed by atoms with van der Waals surface area (Å²) in [7, 11) is 2.08. The van der Waals surface area contributed by atoms with Crippen molar-refractivity contribution >= 4 is 11.8 Å². The Morgan fingerprint density at radius 2 is 1.39 bits per heavy atom. The van der Waals surface area contributed by atoms with E-state index in [0.717, 1.165) is 26.4 Å². The Kier molecular flexibility index (Phi) is 5.18. The highest BCUT2D eigenvalue weighted by atomic mass is 19.4. The predicted octanol–water partition coefficient (Wildman–Crippen LogP) is 3.01. The third-order valence-electron chi connectivity index (χ3n) is 2.67. The molecule has 10 heteroatoms. The maximum absolute atomic E-state index is 13.0. The fourth-order valence-electron chi connectivity index (χ4n) is 1.46. The number of carbonyl (C=O) groups excluding carboxylic acids is 2. The van der Waals surface area contributed by atoms with Gasteiger partial charge in [-0.3, -0.25) is 4.79 Å². The van der Waals surface area contributed by atoms with Crippen LogP contribution >= 0.6 is 0 Å². The average molecular weight is 342 g/mol. The second-order valence-electron chi connectivity index (χ2n) is 4.23. The molecule has 0 aliphatic heterocycles. The van der Waals surface area contributed by atoms with Crippen LogP contribution in [0.15, 0.2) is 12.1 Å². The summed E-state index contributed by atoms with van der Waals surface area (Å²) in [5, 5.41) is 0. The molecule has 0 amide bonds. The van der Waals surface area contributed by atoms with Gasteiger partial charge in [-0.1, -0.05) is 0 Å². The molecule has 128 valence electrons. The van der Waals surface area contributed by atoms with Crippen molar-refractivity contribution < 1.29 is 45.8 Å². The first-order valence-corrected chi connectivity index (χ1v) is 5.89. The summed E-state index contributed by atoms with van der Waals surface area (Å²) in [4.78, 5) is 22.5. The molecule has 0 N–H and O–H groups in total. The topological polar surface area (TPSA) is 61.8 Å². The number of ketones is 1. The van der Waals surface area contributed by atoms with Gasteiger partial charge in [0.2, 0.25) is 5.75 Å². The summed E-state index contributed by atoms with van der Waals surface area (Å²) in [5.74, 6) is -10.7. The number of carbonyl (C=O) groups is 2. The molecule has 0 saturated carbocycles. The van der Waals surface area contributed by atoms with E-state index in [1.54, 1.807) is 0 Å². The second-order valence-corrected chi connectivity index (χ2v) is 4.23. The van der Waals surface area contributed by atoms with Crippen LogP contribution in [0.5, 0.6) is 17.2 Å². The molecule has 0 aliphatic carbocycles. The molecule has 0 atom stereocenters. The minimum absolute atomic E-state index is 0.0149. The molecular formula is C13H11F5O5. The Hall–Kier alpha value is -2.39. The lowest BCUT2D eigenvalue weighted by atomic mass is 10.1. The molecule has 0 fully saturated rings. The highest BCUT2D eigenvalue weighted by molar-refractivity contribution is 5.95. The number of benzene rings is 1. The van der Waals surface area contributed by atoms with Crippen LogP contribution in [0.3, 0.4) is 0 Å². The molecule has 0 radical (unpaired) electrons. The van der Waals surface area contributed by atoms with E-state index in [1.165, 1.54) is 6.92 Å². The van der Waals surface area contributed by atoms with Crippen LogP contribution in [-0.4, -0.2) is 38.1 Å². The summed E-state index contributed by atoms with van der Waals surface area (Å²) in [6, 6.07) is 2.03. The molecule has 0 aromatic heterocycles. The van der Waals surface area contributed by atoms with E-state index in [2.05, 4.69) is 4.74 Å². The third-order valence-corrected chi connectivity index (χ3v) is 2.67. The van der Waals surface area contributed by atoms with E-state index < -0.39 is 41.1 Å². The molecule has 0 spiro atoms. The number of esters is 1. The first kappa shape index (κ1) is 18.7. The summed E-state index contributed by atoms with van der Waals surface area (Å²) in [5.41, 5.74) is 0.0149. The van der Waals surface area contributed by atoms with Crippen molar-refractivity contribution in [2.75, 3.05) is 14.2 Å². The molecule has 0 bridgehead atoms. The van der Waals surface area contributed by atoms with Crippen LogP contribution in [0, 0.1) is 0 Å². The second kappa shape index (κ2) is 6.39. The van der Waals surface area contributed by atoms with E-state index in [-0.39, 0.29) is 5.56 Å². The summed E-state index contributed by atoms with van der Waals surface area (Å²) in [6.07, 6.45) is -6.12. The number of methoxy groups -OCH3 is 2. The van der Waals surface area contributed by atoms with E-state index in [1.807, 2.05) is 0 Å². The van der Waals surface area contributed by atoms with Gasteiger partial charge in [0.25, 0.3) is 0 Å². The normalized spacial score (nSPS) is 11.8. The quantitative estimate of drug-likeness (QED) is 0.356. The number of alkyl halides is 5. The van der Waals surface area contributed by atoms with Crippen LogP contribution < -0.4 is 14.2 Å². The van der Waals surface area contributed by atoms with Crippen LogP contribution in [-0.2, 0) is 4.79 Å². The highest BCUT2D eigenvalue weighted by Crippen LogP contribution is 2.42. The average Bonchev–Trinajstić information content (AvgIpc) is 2.45. The lowest BCUT2D eigenvalue weighted by Gasteiger charge is -2.19. The number of halogens is 5. The van der Waals surface area contributed by atoms with Crippen LogP contribution in [0.2, 0.25) is 0 Å². The van der Waals surface area contributed by atoms with Gasteiger partial charge in [-0.25, -0.2) is 4.79 Å². The standard InChI is InChI=1S/C13H11F5O5/c1-6(19)7-4-8(21-2)10(9(5-7)22-3)23-11(20)12(14,15)13(16,17)18/h4-5H,1-3H3. The maximum Gasteiger partial charge on any atom is 0.465 e. The lowest BCUT2D eigenvalue weighted by Crippen LogP contribution is -2.46. The summed E-state index contributed by atoms with van der Waals surface area (Å²) in [6.45, 7) is 1.18. The molecule has 1 aromatic carbocycles. The van der Waals surface area contributed by atoms with Crippen molar-refractivity contribution in [1.29, 1.82) is 0 Å². The minimum atomic E-state index is -6.12. The maximum atomic E-state index is 13.0. The van der Waals surface area contributed by atoms with Gasteiger partial charge in [-0.05, 0) is 19.1 Å². The van der Waals surface area contributed by atoms with Crippen LogP contribution in [0.4, 0.5) is 22.0 Å². The van der Waals surface area contributed by atoms with E-state index in [4.69, 9.17) is 9.47 Å². The van der Waals surface area contributed by atoms with Gasteiger partial charge in [0.05, 0.1) is 14.2 Å². The number of rotatable bonds is 5. The van der Waals surface area contributed by atoms with Gasteiger partial charge < -0.3 is 14.2 Å². The molecule has 5 nitrogen and oxygen atoms in total. The van der Waals surface area contributed by atoms with E-state index in [9.17, 15) is 31.5 Å². The fraction of sp³-hybridized carbons (Fsp3) is 0.385. The molecule has 1 aromatic rings. The van der Waals surface area contributed by atoms with E-state index >= 15 is 0 Å². The zero-order chi connectivity index (χ0) is 18.0. The van der Waals surface area contributed by atoms with Crippen molar-refractivity contribution in [2.45, 2.75) is 19.0 Å². The van der Waals surface area contributed by atoms with Crippen LogP contribution in [0.25, 0.3) is 0 Å². The summed E-state index contributed by atoms with van der Waals surface area (Å²) >= 11 is 0. The first-order chi connectivity index (χ1) is 10.5. The third kappa shape index (κ3) is 3.69. The van der Waals surface area contributed by atoms with Gasteiger partial charge in [-0.2, -0.15) is 22.0 Å². The lowest BCUT2D eigenvalue weighted by molar-refractivity contribution is -0.276. The largest absolute Gasteiger partial charge is 0.493 e. The zero-order valence-electron chi connectivity index (χ0n) is 12.1. The number of hydrogen-bond donors (Lipinski definition) is 0. The van der Waals surface area contributed by atoms with Gasteiger partial charge in [0.15, 0.2) is 17.3 Å². The molecule has 0 saturated heterocycles. The highest BCUT2D eigenvalue weighted by Gasteiger charge is 2.65. The first-order valence-electron chi connectivity index (χ1n) is 5.89. The monoisotopic (exact) mass is 342 g/mol. The molecule has 0 aliphatic rings. The van der Waals surface area contributed by atoms with Gasteiger partial charge >= 0.3 is 18.1 Å². The SMILES string of the molecule is COc1cc(C(C)=O)cc(OC)c1OC(=O)C(F)(F)C(F)(F)F. The van der Waals surface area contributed by atoms with Crippen molar-refractivity contribution in [3.63, 3.8) is 0 Å². The van der Waals surface area contributed by atoms with Gasteiger partial charge in [0.1, 0.15) is 0 Å². The minimum Gasteiger partial charge on any atom is -0.493 e. The Morgan fingerprint density at radius 3 is 1.70 bits per heavy atom. The Labute approximate surface area is 126 Å². The van der Waals surface area contributed by atoms with Crippen molar-refractivity contribution in [3.8, 4) is 17.2 Å². The van der Waals surface area contributed by atoms with Crippen molar-refractivity contribution in [1.82, 2.24) is 0 Å². The predicted molar refractivity (Wildman–Crippen MR) is 66.2 cm³/mol.